The summed E-state index contributed by atoms with van der Waals surface area (Å²) in [5.74, 6) is -0.144. The Kier molecular flexibility index (Phi) is 4.69. The summed E-state index contributed by atoms with van der Waals surface area (Å²) in [6.45, 7) is 0. The first kappa shape index (κ1) is 14.6. The van der Waals surface area contributed by atoms with E-state index in [1.54, 1.807) is 0 Å². The van der Waals surface area contributed by atoms with Crippen molar-refractivity contribution in [1.82, 2.24) is 0 Å². The number of cyclic esters (lactones) is 1. The number of carbonyl (C=O) groups excluding carboxylic acids is 1. The van der Waals surface area contributed by atoms with Gasteiger partial charge in [0.15, 0.2) is 0 Å². The lowest BCUT2D eigenvalue weighted by Crippen LogP contribution is -2.09. The molecule has 2 aromatic carbocycles. The fourth-order valence-electron chi connectivity index (χ4n) is 2.74. The Morgan fingerprint density at radius 2 is 1.36 bits per heavy atom. The Balaban J connectivity index is 1.53. The zero-order chi connectivity index (χ0) is 15.2. The lowest BCUT2D eigenvalue weighted by Gasteiger charge is -2.07. The van der Waals surface area contributed by atoms with Crippen LogP contribution in [0.3, 0.4) is 0 Å². The molecule has 1 atom stereocenters. The highest BCUT2D eigenvalue weighted by molar-refractivity contribution is 5.90. The zero-order valence-corrected chi connectivity index (χ0v) is 12.6. The number of carbonyl (C=O) groups is 1. The summed E-state index contributed by atoms with van der Waals surface area (Å²) in [7, 11) is 0. The van der Waals surface area contributed by atoms with E-state index in [1.807, 2.05) is 42.5 Å². The van der Waals surface area contributed by atoms with Crippen LogP contribution < -0.4 is 0 Å². The SMILES string of the molecule is O=C1OC(CCc2ccccc2)C=C1CCc1ccccc1. The number of hydrogen-bond donors (Lipinski definition) is 0. The molecule has 1 unspecified atom stereocenters. The van der Waals surface area contributed by atoms with E-state index in [1.165, 1.54) is 11.1 Å². The fourth-order valence-corrected chi connectivity index (χ4v) is 2.74. The molecule has 1 aliphatic heterocycles. The Labute approximate surface area is 131 Å². The second-order valence-electron chi connectivity index (χ2n) is 5.65. The lowest BCUT2D eigenvalue weighted by molar-refractivity contribution is -0.139. The van der Waals surface area contributed by atoms with Crippen molar-refractivity contribution in [3.8, 4) is 0 Å². The molecule has 0 saturated carbocycles. The maximum absolute atomic E-state index is 11.9. The van der Waals surface area contributed by atoms with Crippen LogP contribution in [0.15, 0.2) is 72.3 Å². The minimum Gasteiger partial charge on any atom is -0.455 e. The topological polar surface area (TPSA) is 26.3 Å². The minimum atomic E-state index is -0.144. The van der Waals surface area contributed by atoms with Crippen LogP contribution in [0.5, 0.6) is 0 Å². The summed E-state index contributed by atoms with van der Waals surface area (Å²) in [6, 6.07) is 20.6. The zero-order valence-electron chi connectivity index (χ0n) is 12.6. The molecule has 0 amide bonds. The lowest BCUT2D eigenvalue weighted by atomic mass is 10.0. The first-order valence-corrected chi connectivity index (χ1v) is 7.81. The quantitative estimate of drug-likeness (QED) is 0.749. The van der Waals surface area contributed by atoms with Gasteiger partial charge < -0.3 is 4.74 Å². The van der Waals surface area contributed by atoms with E-state index >= 15 is 0 Å². The Bertz CT molecular complexity index is 644. The fraction of sp³-hybridized carbons (Fsp3) is 0.250. The van der Waals surface area contributed by atoms with Gasteiger partial charge >= 0.3 is 5.97 Å². The number of ether oxygens (including phenoxy) is 1. The van der Waals surface area contributed by atoms with Crippen LogP contribution in [0.25, 0.3) is 0 Å². The van der Waals surface area contributed by atoms with Gasteiger partial charge in [-0.05, 0) is 42.9 Å². The molecule has 0 bridgehead atoms. The van der Waals surface area contributed by atoms with Crippen molar-refractivity contribution < 1.29 is 9.53 Å². The average Bonchev–Trinajstić information content (AvgIpc) is 2.93. The van der Waals surface area contributed by atoms with E-state index in [2.05, 4.69) is 24.3 Å². The molecule has 1 aliphatic rings. The third kappa shape index (κ3) is 3.85. The highest BCUT2D eigenvalue weighted by Crippen LogP contribution is 2.22. The molecule has 2 nitrogen and oxygen atoms in total. The molecule has 2 aromatic rings. The van der Waals surface area contributed by atoms with Crippen molar-refractivity contribution in [2.45, 2.75) is 31.8 Å². The molecule has 0 radical (unpaired) electrons. The third-order valence-electron chi connectivity index (χ3n) is 3.99. The first-order valence-electron chi connectivity index (χ1n) is 7.81. The van der Waals surface area contributed by atoms with Crippen LogP contribution in [-0.4, -0.2) is 12.1 Å². The molecule has 0 saturated heterocycles. The van der Waals surface area contributed by atoms with Gasteiger partial charge in [-0.2, -0.15) is 0 Å². The molecule has 1 heterocycles. The van der Waals surface area contributed by atoms with Gasteiger partial charge in [0.2, 0.25) is 0 Å². The highest BCUT2D eigenvalue weighted by atomic mass is 16.5. The van der Waals surface area contributed by atoms with E-state index in [-0.39, 0.29) is 12.1 Å². The molecule has 22 heavy (non-hydrogen) atoms. The first-order chi connectivity index (χ1) is 10.8. The molecular weight excluding hydrogens is 272 g/mol. The number of rotatable bonds is 6. The molecule has 0 N–H and O–H groups in total. The Hall–Kier alpha value is -2.35. The largest absolute Gasteiger partial charge is 0.455 e. The Morgan fingerprint density at radius 3 is 2.00 bits per heavy atom. The van der Waals surface area contributed by atoms with Gasteiger partial charge in [-0.3, -0.25) is 0 Å². The van der Waals surface area contributed by atoms with Crippen LogP contribution in [-0.2, 0) is 22.4 Å². The second kappa shape index (κ2) is 7.08. The van der Waals surface area contributed by atoms with Gasteiger partial charge in [-0.15, -0.1) is 0 Å². The smallest absolute Gasteiger partial charge is 0.334 e. The third-order valence-corrected chi connectivity index (χ3v) is 3.99. The molecule has 0 fully saturated rings. The summed E-state index contributed by atoms with van der Waals surface area (Å²) in [4.78, 5) is 11.9. The minimum absolute atomic E-state index is 0.0709. The van der Waals surface area contributed by atoms with E-state index in [0.29, 0.717) is 0 Å². The standard InChI is InChI=1S/C20H20O2/c21-20-18(13-11-16-7-3-1-4-8-16)15-19(22-20)14-12-17-9-5-2-6-10-17/h1-10,15,19H,11-14H2. The molecule has 112 valence electrons. The van der Waals surface area contributed by atoms with E-state index in [4.69, 9.17) is 4.74 Å². The van der Waals surface area contributed by atoms with E-state index in [9.17, 15) is 4.79 Å². The number of esters is 1. The highest BCUT2D eigenvalue weighted by Gasteiger charge is 2.24. The van der Waals surface area contributed by atoms with Gasteiger partial charge in [-0.25, -0.2) is 4.79 Å². The average molecular weight is 292 g/mol. The summed E-state index contributed by atoms with van der Waals surface area (Å²) in [5.41, 5.74) is 3.36. The summed E-state index contributed by atoms with van der Waals surface area (Å²) in [5, 5.41) is 0. The normalized spacial score (nSPS) is 17.2. The molecule has 0 spiro atoms. The maximum Gasteiger partial charge on any atom is 0.334 e. The molecule has 0 aromatic heterocycles. The van der Waals surface area contributed by atoms with Gasteiger partial charge in [0.05, 0.1) is 0 Å². The maximum atomic E-state index is 11.9. The summed E-state index contributed by atoms with van der Waals surface area (Å²) >= 11 is 0. The van der Waals surface area contributed by atoms with Crippen molar-refractivity contribution in [2.75, 3.05) is 0 Å². The van der Waals surface area contributed by atoms with Gasteiger partial charge in [-0.1, -0.05) is 60.7 Å². The van der Waals surface area contributed by atoms with Crippen molar-refractivity contribution >= 4 is 5.97 Å². The van der Waals surface area contributed by atoms with Gasteiger partial charge in [0, 0.05) is 5.57 Å². The molecule has 0 aliphatic carbocycles. The van der Waals surface area contributed by atoms with Crippen LogP contribution in [0.1, 0.15) is 24.0 Å². The van der Waals surface area contributed by atoms with Crippen molar-refractivity contribution in [3.63, 3.8) is 0 Å². The monoisotopic (exact) mass is 292 g/mol. The van der Waals surface area contributed by atoms with Crippen LogP contribution in [0.4, 0.5) is 0 Å². The van der Waals surface area contributed by atoms with Gasteiger partial charge in [0.1, 0.15) is 6.10 Å². The predicted octanol–water partition coefficient (Wildman–Crippen LogP) is 4.10. The van der Waals surface area contributed by atoms with E-state index in [0.717, 1.165) is 31.3 Å². The Morgan fingerprint density at radius 1 is 0.773 bits per heavy atom. The van der Waals surface area contributed by atoms with Gasteiger partial charge in [0.25, 0.3) is 0 Å². The number of hydrogen-bond acceptors (Lipinski definition) is 2. The number of aryl methyl sites for hydroxylation is 2. The van der Waals surface area contributed by atoms with Crippen LogP contribution in [0.2, 0.25) is 0 Å². The summed E-state index contributed by atoms with van der Waals surface area (Å²) < 4.78 is 5.45. The van der Waals surface area contributed by atoms with E-state index < -0.39 is 0 Å². The second-order valence-corrected chi connectivity index (χ2v) is 5.65. The van der Waals surface area contributed by atoms with Crippen molar-refractivity contribution in [2.24, 2.45) is 0 Å². The predicted molar refractivity (Wildman–Crippen MR) is 87.5 cm³/mol. The number of benzene rings is 2. The van der Waals surface area contributed by atoms with Crippen molar-refractivity contribution in [3.05, 3.63) is 83.4 Å². The summed E-state index contributed by atoms with van der Waals surface area (Å²) in [6.07, 6.45) is 5.36. The van der Waals surface area contributed by atoms with Crippen LogP contribution in [0, 0.1) is 0 Å². The van der Waals surface area contributed by atoms with Crippen molar-refractivity contribution in [1.29, 1.82) is 0 Å². The molecular formula is C20H20O2. The molecule has 3 rings (SSSR count). The molecule has 2 heteroatoms. The van der Waals surface area contributed by atoms with Crippen LogP contribution >= 0.6 is 0 Å².